The number of rotatable bonds is 7. The van der Waals surface area contributed by atoms with Crippen molar-refractivity contribution in [1.82, 2.24) is 10.7 Å². The second-order valence-corrected chi connectivity index (χ2v) is 6.95. The molecule has 136 valence electrons. The van der Waals surface area contributed by atoms with Crippen LogP contribution in [0.5, 0.6) is 0 Å². The molecule has 0 aliphatic carbocycles. The number of benzene rings is 2. The van der Waals surface area contributed by atoms with Crippen LogP contribution < -0.4 is 10.7 Å². The van der Waals surface area contributed by atoms with Gasteiger partial charge in [-0.1, -0.05) is 44.2 Å². The van der Waals surface area contributed by atoms with E-state index in [1.807, 2.05) is 50.4 Å². The molecule has 2 aromatic rings. The zero-order valence-electron chi connectivity index (χ0n) is 15.1. The molecular weight excluding hydrogens is 346 g/mol. The maximum Gasteiger partial charge on any atom is 0.262 e. The smallest absolute Gasteiger partial charge is 0.262 e. The van der Waals surface area contributed by atoms with Crippen molar-refractivity contribution in [2.45, 2.75) is 24.8 Å². The minimum Gasteiger partial charge on any atom is -0.340 e. The highest BCUT2D eigenvalue weighted by atomic mass is 32.2. The van der Waals surface area contributed by atoms with E-state index in [9.17, 15) is 9.59 Å². The molecule has 0 aliphatic heterocycles. The van der Waals surface area contributed by atoms with Gasteiger partial charge in [0.2, 0.25) is 0 Å². The maximum absolute atomic E-state index is 12.4. The van der Waals surface area contributed by atoms with Gasteiger partial charge in [0.1, 0.15) is 6.04 Å². The van der Waals surface area contributed by atoms with Gasteiger partial charge in [0, 0.05) is 10.5 Å². The molecule has 2 aromatic carbocycles. The molecule has 0 saturated heterocycles. The molecular formula is C20H23N3O2S. The van der Waals surface area contributed by atoms with E-state index in [0.29, 0.717) is 5.56 Å². The lowest BCUT2D eigenvalue weighted by Gasteiger charge is -2.20. The van der Waals surface area contributed by atoms with E-state index in [2.05, 4.69) is 15.8 Å². The lowest BCUT2D eigenvalue weighted by atomic mass is 10.0. The lowest BCUT2D eigenvalue weighted by Crippen LogP contribution is -2.48. The Hall–Kier alpha value is -2.60. The van der Waals surface area contributed by atoms with Crippen molar-refractivity contribution in [3.8, 4) is 0 Å². The Kier molecular flexibility index (Phi) is 7.41. The van der Waals surface area contributed by atoms with E-state index >= 15 is 0 Å². The van der Waals surface area contributed by atoms with Crippen LogP contribution in [-0.4, -0.2) is 30.3 Å². The summed E-state index contributed by atoms with van der Waals surface area (Å²) in [5, 5.41) is 6.77. The first-order valence-electron chi connectivity index (χ1n) is 8.34. The summed E-state index contributed by atoms with van der Waals surface area (Å²) >= 11 is 1.66. The molecule has 2 rings (SSSR count). The van der Waals surface area contributed by atoms with Crippen molar-refractivity contribution < 1.29 is 9.59 Å². The molecule has 2 amide bonds. The quantitative estimate of drug-likeness (QED) is 0.447. The van der Waals surface area contributed by atoms with Crippen LogP contribution in [0.3, 0.4) is 0 Å². The largest absolute Gasteiger partial charge is 0.340 e. The fourth-order valence-corrected chi connectivity index (χ4v) is 2.69. The number of carbonyl (C=O) groups is 2. The standard InChI is InChI=1S/C20H23N3O2S/c1-14(2)18(22-19(24)16-7-5-4-6-8-16)20(25)23-21-13-15-9-11-17(26-3)12-10-15/h4-14,18H,1-3H3,(H,22,24)(H,23,25). The van der Waals surface area contributed by atoms with Crippen LogP contribution in [0.4, 0.5) is 0 Å². The molecule has 0 aromatic heterocycles. The van der Waals surface area contributed by atoms with Gasteiger partial charge in [0.25, 0.3) is 11.8 Å². The molecule has 0 bridgehead atoms. The van der Waals surface area contributed by atoms with Gasteiger partial charge in [-0.05, 0) is 42.0 Å². The molecule has 1 atom stereocenters. The van der Waals surface area contributed by atoms with Gasteiger partial charge >= 0.3 is 0 Å². The van der Waals surface area contributed by atoms with E-state index < -0.39 is 6.04 Å². The van der Waals surface area contributed by atoms with Crippen LogP contribution in [-0.2, 0) is 4.79 Å². The molecule has 0 aliphatic rings. The van der Waals surface area contributed by atoms with Gasteiger partial charge in [-0.25, -0.2) is 5.43 Å². The van der Waals surface area contributed by atoms with Crippen LogP contribution in [0.2, 0.25) is 0 Å². The topological polar surface area (TPSA) is 70.6 Å². The fraction of sp³-hybridized carbons (Fsp3) is 0.250. The van der Waals surface area contributed by atoms with Crippen molar-refractivity contribution in [2.75, 3.05) is 6.26 Å². The van der Waals surface area contributed by atoms with Gasteiger partial charge < -0.3 is 5.32 Å². The summed E-state index contributed by atoms with van der Waals surface area (Å²) < 4.78 is 0. The number of hydrogen-bond donors (Lipinski definition) is 2. The van der Waals surface area contributed by atoms with Crippen LogP contribution in [0.1, 0.15) is 29.8 Å². The summed E-state index contributed by atoms with van der Waals surface area (Å²) in [5.41, 5.74) is 3.91. The lowest BCUT2D eigenvalue weighted by molar-refractivity contribution is -0.123. The maximum atomic E-state index is 12.4. The summed E-state index contributed by atoms with van der Waals surface area (Å²) in [4.78, 5) is 25.8. The average molecular weight is 369 g/mol. The molecule has 5 nitrogen and oxygen atoms in total. The molecule has 1 unspecified atom stereocenters. The highest BCUT2D eigenvalue weighted by Gasteiger charge is 2.24. The first kappa shape index (κ1) is 19.7. The number of hydrogen-bond acceptors (Lipinski definition) is 4. The fourth-order valence-electron chi connectivity index (χ4n) is 2.28. The third-order valence-corrected chi connectivity index (χ3v) is 4.52. The number of hydrazone groups is 1. The molecule has 0 heterocycles. The van der Waals surface area contributed by atoms with Gasteiger partial charge in [0.05, 0.1) is 6.21 Å². The minimum absolute atomic E-state index is 0.0706. The number of amides is 2. The second-order valence-electron chi connectivity index (χ2n) is 6.07. The Morgan fingerprint density at radius 2 is 1.69 bits per heavy atom. The first-order valence-corrected chi connectivity index (χ1v) is 9.56. The second kappa shape index (κ2) is 9.77. The van der Waals surface area contributed by atoms with E-state index in [0.717, 1.165) is 10.5 Å². The van der Waals surface area contributed by atoms with Gasteiger partial charge in [-0.15, -0.1) is 11.8 Å². The summed E-state index contributed by atoms with van der Waals surface area (Å²) in [5.74, 6) is -0.698. The number of nitrogens with one attached hydrogen (secondary N) is 2. The summed E-state index contributed by atoms with van der Waals surface area (Å²) in [6, 6.07) is 16.0. The normalized spacial score (nSPS) is 12.2. The molecule has 0 saturated carbocycles. The molecule has 0 spiro atoms. The van der Waals surface area contributed by atoms with Crippen LogP contribution in [0, 0.1) is 5.92 Å². The summed E-state index contributed by atoms with van der Waals surface area (Å²) in [6.45, 7) is 3.75. The van der Waals surface area contributed by atoms with Crippen molar-refractivity contribution in [2.24, 2.45) is 11.0 Å². The average Bonchev–Trinajstić information content (AvgIpc) is 2.66. The Morgan fingerprint density at radius 1 is 1.04 bits per heavy atom. The van der Waals surface area contributed by atoms with E-state index in [4.69, 9.17) is 0 Å². The molecule has 6 heteroatoms. The zero-order valence-corrected chi connectivity index (χ0v) is 15.9. The first-order chi connectivity index (χ1) is 12.5. The van der Waals surface area contributed by atoms with Crippen LogP contribution in [0.15, 0.2) is 64.6 Å². The highest BCUT2D eigenvalue weighted by Crippen LogP contribution is 2.13. The van der Waals surface area contributed by atoms with Crippen LogP contribution in [0.25, 0.3) is 0 Å². The zero-order chi connectivity index (χ0) is 18.9. The highest BCUT2D eigenvalue weighted by molar-refractivity contribution is 7.98. The van der Waals surface area contributed by atoms with Crippen molar-refractivity contribution >= 4 is 29.8 Å². The van der Waals surface area contributed by atoms with Crippen molar-refractivity contribution in [3.63, 3.8) is 0 Å². The Balaban J connectivity index is 1.97. The monoisotopic (exact) mass is 369 g/mol. The third kappa shape index (κ3) is 5.74. The SMILES string of the molecule is CSc1ccc(C=NNC(=O)C(NC(=O)c2ccccc2)C(C)C)cc1. The molecule has 0 fully saturated rings. The Morgan fingerprint density at radius 3 is 2.27 bits per heavy atom. The summed E-state index contributed by atoms with van der Waals surface area (Å²) in [6.07, 6.45) is 3.59. The number of nitrogens with zero attached hydrogens (tertiary/aromatic N) is 1. The van der Waals surface area contributed by atoms with Crippen molar-refractivity contribution in [3.05, 3.63) is 65.7 Å². The minimum atomic E-state index is -0.668. The van der Waals surface area contributed by atoms with Gasteiger partial charge in [-0.3, -0.25) is 9.59 Å². The van der Waals surface area contributed by atoms with E-state index in [1.54, 1.807) is 42.2 Å². The van der Waals surface area contributed by atoms with Crippen LogP contribution >= 0.6 is 11.8 Å². The predicted molar refractivity (Wildman–Crippen MR) is 106 cm³/mol. The van der Waals surface area contributed by atoms with E-state index in [1.165, 1.54) is 0 Å². The van der Waals surface area contributed by atoms with Gasteiger partial charge in [-0.2, -0.15) is 5.10 Å². The number of carbonyl (C=O) groups excluding carboxylic acids is 2. The van der Waals surface area contributed by atoms with Gasteiger partial charge in [0.15, 0.2) is 0 Å². The predicted octanol–water partition coefficient (Wildman–Crippen LogP) is 3.31. The molecule has 2 N–H and O–H groups in total. The third-order valence-electron chi connectivity index (χ3n) is 3.78. The number of thioether (sulfide) groups is 1. The van der Waals surface area contributed by atoms with Crippen molar-refractivity contribution in [1.29, 1.82) is 0 Å². The summed E-state index contributed by atoms with van der Waals surface area (Å²) in [7, 11) is 0. The molecule has 26 heavy (non-hydrogen) atoms. The van der Waals surface area contributed by atoms with E-state index in [-0.39, 0.29) is 17.7 Å². The Labute approximate surface area is 158 Å². The molecule has 0 radical (unpaired) electrons. The Bertz CT molecular complexity index is 758.